The summed E-state index contributed by atoms with van der Waals surface area (Å²) in [5.41, 5.74) is 3.39. The summed E-state index contributed by atoms with van der Waals surface area (Å²) in [7, 11) is 0. The van der Waals surface area contributed by atoms with Gasteiger partial charge in [-0.15, -0.1) is 11.3 Å². The van der Waals surface area contributed by atoms with Crippen LogP contribution >= 0.6 is 11.3 Å². The number of ether oxygens (including phenoxy) is 1. The highest BCUT2D eigenvalue weighted by Gasteiger charge is 2.28. The molecular weight excluding hydrogens is 320 g/mol. The molecule has 128 valence electrons. The molecule has 1 amide bonds. The average molecular weight is 344 g/mol. The Labute approximate surface area is 147 Å². The fourth-order valence-corrected chi connectivity index (χ4v) is 3.75. The number of benzene rings is 1. The molecule has 1 N–H and O–H groups in total. The maximum absolute atomic E-state index is 12.5. The zero-order valence-corrected chi connectivity index (χ0v) is 15.0. The van der Waals surface area contributed by atoms with E-state index in [1.807, 2.05) is 29.6 Å². The lowest BCUT2D eigenvalue weighted by atomic mass is 9.78. The molecule has 1 aliphatic carbocycles. The number of nitrogens with one attached hydrogen (secondary N) is 1. The largest absolute Gasteiger partial charge is 0.487 e. The van der Waals surface area contributed by atoms with Crippen molar-refractivity contribution in [3.8, 4) is 5.75 Å². The van der Waals surface area contributed by atoms with Gasteiger partial charge in [0.15, 0.2) is 0 Å². The Morgan fingerprint density at radius 3 is 2.79 bits per heavy atom. The van der Waals surface area contributed by atoms with Gasteiger partial charge in [-0.05, 0) is 42.5 Å². The van der Waals surface area contributed by atoms with Crippen LogP contribution in [-0.2, 0) is 6.61 Å². The van der Waals surface area contributed by atoms with Crippen molar-refractivity contribution in [3.63, 3.8) is 0 Å². The first-order valence-electron chi connectivity index (χ1n) is 8.54. The SMILES string of the molecule is CC1CCCC(NC(=O)c2ccc(OCc3cscn3)cc2)C1C. The second-order valence-corrected chi connectivity index (χ2v) is 7.36. The van der Waals surface area contributed by atoms with Crippen molar-refractivity contribution < 1.29 is 9.53 Å². The number of rotatable bonds is 5. The van der Waals surface area contributed by atoms with Crippen LogP contribution in [0, 0.1) is 11.8 Å². The smallest absolute Gasteiger partial charge is 0.251 e. The Bertz CT molecular complexity index is 655. The van der Waals surface area contributed by atoms with Gasteiger partial charge in [0.25, 0.3) is 5.91 Å². The topological polar surface area (TPSA) is 51.2 Å². The molecule has 1 saturated carbocycles. The normalized spacial score (nSPS) is 23.7. The van der Waals surface area contributed by atoms with Crippen LogP contribution in [0.15, 0.2) is 35.2 Å². The van der Waals surface area contributed by atoms with E-state index in [1.165, 1.54) is 12.8 Å². The van der Waals surface area contributed by atoms with Gasteiger partial charge in [-0.1, -0.05) is 26.7 Å². The standard InChI is InChI=1S/C19H24N2O2S/c1-13-4-3-5-18(14(13)2)21-19(22)15-6-8-17(9-7-15)23-10-16-11-24-12-20-16/h6-9,11-14,18H,3-5,10H2,1-2H3,(H,21,22). The lowest BCUT2D eigenvalue weighted by Gasteiger charge is -2.34. The molecule has 3 unspecified atom stereocenters. The molecule has 3 atom stereocenters. The molecule has 0 radical (unpaired) electrons. The molecule has 0 aliphatic heterocycles. The minimum absolute atomic E-state index is 0.00648. The summed E-state index contributed by atoms with van der Waals surface area (Å²) < 4.78 is 5.68. The van der Waals surface area contributed by atoms with Crippen LogP contribution in [-0.4, -0.2) is 16.9 Å². The van der Waals surface area contributed by atoms with Crippen molar-refractivity contribution in [3.05, 3.63) is 46.4 Å². The van der Waals surface area contributed by atoms with Crippen LogP contribution in [0.25, 0.3) is 0 Å². The summed E-state index contributed by atoms with van der Waals surface area (Å²) in [5.74, 6) is 1.96. The van der Waals surface area contributed by atoms with Crippen molar-refractivity contribution >= 4 is 17.2 Å². The van der Waals surface area contributed by atoms with E-state index in [4.69, 9.17) is 4.74 Å². The van der Waals surface area contributed by atoms with Crippen LogP contribution in [0.4, 0.5) is 0 Å². The molecule has 1 heterocycles. The lowest BCUT2D eigenvalue weighted by Crippen LogP contribution is -2.43. The molecule has 1 aromatic carbocycles. The number of hydrogen-bond donors (Lipinski definition) is 1. The molecule has 0 spiro atoms. The molecule has 1 aromatic heterocycles. The quantitative estimate of drug-likeness (QED) is 0.881. The number of thiazole rings is 1. The first-order chi connectivity index (χ1) is 11.6. The number of nitrogens with zero attached hydrogens (tertiary/aromatic N) is 1. The van der Waals surface area contributed by atoms with Crippen LogP contribution in [0.3, 0.4) is 0 Å². The highest BCUT2D eigenvalue weighted by Crippen LogP contribution is 2.29. The summed E-state index contributed by atoms with van der Waals surface area (Å²) in [6.45, 7) is 4.97. The molecule has 0 bridgehead atoms. The Morgan fingerprint density at radius 1 is 1.29 bits per heavy atom. The summed E-state index contributed by atoms with van der Waals surface area (Å²) >= 11 is 1.55. The van der Waals surface area contributed by atoms with Gasteiger partial charge >= 0.3 is 0 Å². The number of aromatic nitrogens is 1. The fraction of sp³-hybridized carbons (Fsp3) is 0.474. The summed E-state index contributed by atoms with van der Waals surface area (Å²) in [4.78, 5) is 16.6. The average Bonchev–Trinajstić information content (AvgIpc) is 3.11. The second-order valence-electron chi connectivity index (χ2n) is 6.64. The third-order valence-corrected chi connectivity index (χ3v) is 5.65. The summed E-state index contributed by atoms with van der Waals surface area (Å²) in [6, 6.07) is 7.61. The predicted molar refractivity (Wildman–Crippen MR) is 96.3 cm³/mol. The van der Waals surface area contributed by atoms with Gasteiger partial charge in [-0.3, -0.25) is 4.79 Å². The van der Waals surface area contributed by atoms with Gasteiger partial charge in [-0.2, -0.15) is 0 Å². The van der Waals surface area contributed by atoms with Crippen LogP contribution in [0.1, 0.15) is 49.2 Å². The molecule has 3 rings (SSSR count). The van der Waals surface area contributed by atoms with E-state index in [0.717, 1.165) is 17.9 Å². The molecular formula is C19H24N2O2S. The highest BCUT2D eigenvalue weighted by atomic mass is 32.1. The van der Waals surface area contributed by atoms with Crippen molar-refractivity contribution in [1.82, 2.24) is 10.3 Å². The Morgan fingerprint density at radius 2 is 2.08 bits per heavy atom. The third kappa shape index (κ3) is 4.15. The molecule has 1 aliphatic rings. The molecule has 0 saturated heterocycles. The highest BCUT2D eigenvalue weighted by molar-refractivity contribution is 7.07. The van der Waals surface area contributed by atoms with Crippen molar-refractivity contribution in [2.24, 2.45) is 11.8 Å². The molecule has 2 aromatic rings. The number of amides is 1. The maximum atomic E-state index is 12.5. The zero-order chi connectivity index (χ0) is 16.9. The minimum Gasteiger partial charge on any atom is -0.487 e. The van der Waals surface area contributed by atoms with E-state index < -0.39 is 0 Å². The maximum Gasteiger partial charge on any atom is 0.251 e. The fourth-order valence-electron chi connectivity index (χ4n) is 3.21. The minimum atomic E-state index is 0.00648. The van der Waals surface area contributed by atoms with Crippen LogP contribution in [0.5, 0.6) is 5.75 Å². The number of carbonyl (C=O) groups excluding carboxylic acids is 1. The number of carbonyl (C=O) groups is 1. The predicted octanol–water partition coefficient (Wildman–Crippen LogP) is 4.28. The van der Waals surface area contributed by atoms with Gasteiger partial charge in [0.05, 0.1) is 11.2 Å². The van der Waals surface area contributed by atoms with Gasteiger partial charge in [-0.25, -0.2) is 4.98 Å². The van der Waals surface area contributed by atoms with E-state index in [-0.39, 0.29) is 11.9 Å². The van der Waals surface area contributed by atoms with Crippen LogP contribution in [0.2, 0.25) is 0 Å². The van der Waals surface area contributed by atoms with E-state index in [1.54, 1.807) is 16.8 Å². The van der Waals surface area contributed by atoms with Crippen LogP contribution < -0.4 is 10.1 Å². The Hall–Kier alpha value is -1.88. The van der Waals surface area contributed by atoms with Gasteiger partial charge in [0, 0.05) is 17.0 Å². The van der Waals surface area contributed by atoms with E-state index >= 15 is 0 Å². The van der Waals surface area contributed by atoms with Crippen molar-refractivity contribution in [1.29, 1.82) is 0 Å². The Balaban J connectivity index is 1.55. The summed E-state index contributed by atoms with van der Waals surface area (Å²) in [5, 5.41) is 5.17. The first kappa shape index (κ1) is 17.0. The van der Waals surface area contributed by atoms with Gasteiger partial charge < -0.3 is 10.1 Å². The van der Waals surface area contributed by atoms with Gasteiger partial charge in [0.1, 0.15) is 12.4 Å². The van der Waals surface area contributed by atoms with E-state index in [0.29, 0.717) is 24.0 Å². The zero-order valence-electron chi connectivity index (χ0n) is 14.2. The third-order valence-electron chi connectivity index (χ3n) is 5.01. The van der Waals surface area contributed by atoms with E-state index in [2.05, 4.69) is 24.1 Å². The van der Waals surface area contributed by atoms with Gasteiger partial charge in [0.2, 0.25) is 0 Å². The summed E-state index contributed by atoms with van der Waals surface area (Å²) in [6.07, 6.45) is 3.53. The van der Waals surface area contributed by atoms with Crippen molar-refractivity contribution in [2.45, 2.75) is 45.8 Å². The Kier molecular flexibility index (Phi) is 5.51. The molecule has 4 nitrogen and oxygen atoms in total. The van der Waals surface area contributed by atoms with Crippen molar-refractivity contribution in [2.75, 3.05) is 0 Å². The molecule has 24 heavy (non-hydrogen) atoms. The first-order valence-corrected chi connectivity index (χ1v) is 9.48. The lowest BCUT2D eigenvalue weighted by molar-refractivity contribution is 0.0891. The number of hydrogen-bond acceptors (Lipinski definition) is 4. The molecule has 5 heteroatoms. The molecule has 1 fully saturated rings. The monoisotopic (exact) mass is 344 g/mol. The second kappa shape index (κ2) is 7.79. The van der Waals surface area contributed by atoms with E-state index in [9.17, 15) is 4.79 Å².